The summed E-state index contributed by atoms with van der Waals surface area (Å²) in [6, 6.07) is 9.83. The average Bonchev–Trinajstić information content (AvgIpc) is 2.97. The van der Waals surface area contributed by atoms with Crippen LogP contribution in [-0.4, -0.2) is 39.6 Å². The molecule has 1 aromatic heterocycles. The Balaban J connectivity index is 1.62. The maximum absolute atomic E-state index is 5.88. The third-order valence-electron chi connectivity index (χ3n) is 3.64. The monoisotopic (exact) mass is 378 g/mol. The minimum atomic E-state index is 0.606. The molecule has 1 aromatic carbocycles. The molecule has 0 saturated carbocycles. The van der Waals surface area contributed by atoms with Gasteiger partial charge in [0.15, 0.2) is 0 Å². The number of hydrogen-bond donors (Lipinski definition) is 0. The molecule has 0 N–H and O–H groups in total. The van der Waals surface area contributed by atoms with Gasteiger partial charge in [-0.05, 0) is 33.6 Å². The van der Waals surface area contributed by atoms with E-state index in [1.54, 1.807) is 13.3 Å². The molecule has 1 aliphatic heterocycles. The predicted octanol–water partition coefficient (Wildman–Crippen LogP) is 3.51. The van der Waals surface area contributed by atoms with Crippen LogP contribution in [0.25, 0.3) is 0 Å². The second-order valence-corrected chi connectivity index (χ2v) is 6.07. The molecular weight excluding hydrogens is 360 g/mol. The van der Waals surface area contributed by atoms with Crippen molar-refractivity contribution in [2.75, 3.05) is 38.3 Å². The van der Waals surface area contributed by atoms with Gasteiger partial charge < -0.3 is 18.8 Å². The number of halogens is 1. The number of hydrogen-bond acceptors (Lipinski definition) is 5. The van der Waals surface area contributed by atoms with Crippen LogP contribution >= 0.6 is 15.9 Å². The molecule has 122 valence electrons. The lowest BCUT2D eigenvalue weighted by molar-refractivity contribution is 0.120. The first kappa shape index (κ1) is 16.1. The molecule has 6 heteroatoms. The SMILES string of the molecule is COc1ccc(CN=Cc2cc(Br)c(N3CCOCC3)o2)cc1. The highest BCUT2D eigenvalue weighted by Gasteiger charge is 2.18. The first-order chi connectivity index (χ1) is 11.3. The minimum Gasteiger partial charge on any atom is -0.497 e. The summed E-state index contributed by atoms with van der Waals surface area (Å²) in [4.78, 5) is 6.62. The first-order valence-corrected chi connectivity index (χ1v) is 8.30. The Morgan fingerprint density at radius 2 is 2.00 bits per heavy atom. The van der Waals surface area contributed by atoms with E-state index in [0.717, 1.165) is 53.7 Å². The lowest BCUT2D eigenvalue weighted by Gasteiger charge is -2.26. The van der Waals surface area contributed by atoms with Crippen molar-refractivity contribution in [2.24, 2.45) is 4.99 Å². The molecule has 5 nitrogen and oxygen atoms in total. The van der Waals surface area contributed by atoms with Crippen LogP contribution in [0.5, 0.6) is 5.75 Å². The lowest BCUT2D eigenvalue weighted by Crippen LogP contribution is -2.36. The molecule has 23 heavy (non-hydrogen) atoms. The fourth-order valence-corrected chi connectivity index (χ4v) is 2.95. The molecule has 1 saturated heterocycles. The Bertz CT molecular complexity index is 661. The minimum absolute atomic E-state index is 0.606. The molecule has 0 bridgehead atoms. The molecule has 0 spiro atoms. The van der Waals surface area contributed by atoms with Gasteiger partial charge in [-0.2, -0.15) is 0 Å². The van der Waals surface area contributed by atoms with Gasteiger partial charge in [0.25, 0.3) is 0 Å². The Kier molecular flexibility index (Phi) is 5.35. The fraction of sp³-hybridized carbons (Fsp3) is 0.353. The predicted molar refractivity (Wildman–Crippen MR) is 93.7 cm³/mol. The smallest absolute Gasteiger partial charge is 0.210 e. The third-order valence-corrected chi connectivity index (χ3v) is 4.21. The number of ether oxygens (including phenoxy) is 2. The highest BCUT2D eigenvalue weighted by atomic mass is 79.9. The summed E-state index contributed by atoms with van der Waals surface area (Å²) in [5.41, 5.74) is 1.13. The van der Waals surface area contributed by atoms with E-state index in [2.05, 4.69) is 25.8 Å². The number of benzene rings is 1. The van der Waals surface area contributed by atoms with Crippen molar-refractivity contribution >= 4 is 28.0 Å². The summed E-state index contributed by atoms with van der Waals surface area (Å²) in [6.45, 7) is 3.75. The topological polar surface area (TPSA) is 47.2 Å². The molecule has 0 atom stereocenters. The standard InChI is InChI=1S/C17H19BrN2O3/c1-21-14-4-2-13(3-5-14)11-19-12-15-10-16(18)17(23-15)20-6-8-22-9-7-20/h2-5,10,12H,6-9,11H2,1H3. The van der Waals surface area contributed by atoms with E-state index in [9.17, 15) is 0 Å². The zero-order valence-electron chi connectivity index (χ0n) is 13.0. The molecule has 0 radical (unpaired) electrons. The number of anilines is 1. The molecule has 0 unspecified atom stereocenters. The Morgan fingerprint density at radius 3 is 2.70 bits per heavy atom. The molecule has 3 rings (SSSR count). The highest BCUT2D eigenvalue weighted by molar-refractivity contribution is 9.10. The van der Waals surface area contributed by atoms with Gasteiger partial charge in [0.05, 0.1) is 37.6 Å². The number of nitrogens with zero attached hydrogens (tertiary/aromatic N) is 2. The quantitative estimate of drug-likeness (QED) is 0.746. The van der Waals surface area contributed by atoms with Crippen molar-refractivity contribution < 1.29 is 13.9 Å². The van der Waals surface area contributed by atoms with Crippen molar-refractivity contribution in [3.8, 4) is 5.75 Å². The van der Waals surface area contributed by atoms with Gasteiger partial charge in [-0.15, -0.1) is 0 Å². The third kappa shape index (κ3) is 4.14. The van der Waals surface area contributed by atoms with Gasteiger partial charge in [-0.25, -0.2) is 0 Å². The van der Waals surface area contributed by atoms with Crippen molar-refractivity contribution in [2.45, 2.75) is 6.54 Å². The van der Waals surface area contributed by atoms with Crippen LogP contribution in [0.4, 0.5) is 5.88 Å². The van der Waals surface area contributed by atoms with Crippen LogP contribution in [-0.2, 0) is 11.3 Å². The zero-order chi connectivity index (χ0) is 16.1. The summed E-state index contributed by atoms with van der Waals surface area (Å²) in [7, 11) is 1.66. The maximum atomic E-state index is 5.88. The summed E-state index contributed by atoms with van der Waals surface area (Å²) in [5.74, 6) is 2.44. The number of morpholine rings is 1. The van der Waals surface area contributed by atoms with Crippen LogP contribution in [0.1, 0.15) is 11.3 Å². The summed E-state index contributed by atoms with van der Waals surface area (Å²) < 4.78 is 17.3. The molecule has 1 aliphatic rings. The average molecular weight is 379 g/mol. The number of rotatable bonds is 5. The van der Waals surface area contributed by atoms with Crippen molar-refractivity contribution in [1.29, 1.82) is 0 Å². The van der Waals surface area contributed by atoms with Crippen LogP contribution < -0.4 is 9.64 Å². The van der Waals surface area contributed by atoms with E-state index in [4.69, 9.17) is 13.9 Å². The summed E-state index contributed by atoms with van der Waals surface area (Å²) in [5, 5.41) is 0. The molecular formula is C17H19BrN2O3. The lowest BCUT2D eigenvalue weighted by atomic mass is 10.2. The van der Waals surface area contributed by atoms with Gasteiger partial charge in [0.2, 0.25) is 5.88 Å². The second kappa shape index (κ2) is 7.66. The van der Waals surface area contributed by atoms with Gasteiger partial charge in [0, 0.05) is 19.2 Å². The molecule has 1 fully saturated rings. The summed E-state index contributed by atoms with van der Waals surface area (Å²) in [6.07, 6.45) is 1.76. The van der Waals surface area contributed by atoms with Gasteiger partial charge in [-0.1, -0.05) is 12.1 Å². The van der Waals surface area contributed by atoms with Crippen molar-refractivity contribution in [1.82, 2.24) is 0 Å². The Morgan fingerprint density at radius 1 is 1.26 bits per heavy atom. The molecule has 2 aromatic rings. The largest absolute Gasteiger partial charge is 0.497 e. The van der Waals surface area contributed by atoms with E-state index < -0.39 is 0 Å². The molecule has 0 aliphatic carbocycles. The van der Waals surface area contributed by atoms with Gasteiger partial charge in [-0.3, -0.25) is 4.99 Å². The van der Waals surface area contributed by atoms with Gasteiger partial charge in [0.1, 0.15) is 11.5 Å². The number of aliphatic imine (C=N–C) groups is 1. The Labute approximate surface area is 144 Å². The van der Waals surface area contributed by atoms with E-state index in [0.29, 0.717) is 6.54 Å². The van der Waals surface area contributed by atoms with Crippen molar-refractivity contribution in [3.63, 3.8) is 0 Å². The van der Waals surface area contributed by atoms with E-state index in [1.165, 1.54) is 0 Å². The Hall–Kier alpha value is -1.79. The zero-order valence-corrected chi connectivity index (χ0v) is 14.6. The van der Waals surface area contributed by atoms with Gasteiger partial charge >= 0.3 is 0 Å². The van der Waals surface area contributed by atoms with Crippen LogP contribution in [0.15, 0.2) is 44.2 Å². The van der Waals surface area contributed by atoms with Crippen molar-refractivity contribution in [3.05, 3.63) is 46.1 Å². The molecule has 2 heterocycles. The van der Waals surface area contributed by atoms with E-state index in [1.807, 2.05) is 30.3 Å². The highest BCUT2D eigenvalue weighted by Crippen LogP contribution is 2.30. The first-order valence-electron chi connectivity index (χ1n) is 7.51. The fourth-order valence-electron chi connectivity index (χ4n) is 2.39. The number of furan rings is 1. The second-order valence-electron chi connectivity index (χ2n) is 5.22. The summed E-state index contributed by atoms with van der Waals surface area (Å²) >= 11 is 3.55. The number of methoxy groups -OCH3 is 1. The normalized spacial score (nSPS) is 15.3. The molecule has 0 amide bonds. The van der Waals surface area contributed by atoms with Crippen LogP contribution in [0.3, 0.4) is 0 Å². The maximum Gasteiger partial charge on any atom is 0.210 e. The van der Waals surface area contributed by atoms with E-state index >= 15 is 0 Å². The van der Waals surface area contributed by atoms with E-state index in [-0.39, 0.29) is 0 Å². The van der Waals surface area contributed by atoms with Crippen LogP contribution in [0, 0.1) is 0 Å². The van der Waals surface area contributed by atoms with Crippen LogP contribution in [0.2, 0.25) is 0 Å².